The molecular formula is C8H12ClN3O. The number of carbonyl (C=O) groups excluding carboxylic acids is 1. The molecule has 0 amide bonds. The van der Waals surface area contributed by atoms with Crippen molar-refractivity contribution >= 4 is 17.9 Å². The molecule has 72 valence electrons. The number of nitrogens with one attached hydrogen (secondary N) is 1. The lowest BCUT2D eigenvalue weighted by molar-refractivity contribution is 0.111. The Kier molecular flexibility index (Phi) is 3.45. The molecule has 0 saturated heterocycles. The lowest BCUT2D eigenvalue weighted by atomic mass is 10.4. The number of halogens is 1. The molecule has 1 aromatic rings. The Labute approximate surface area is 81.9 Å². The van der Waals surface area contributed by atoms with Crippen molar-refractivity contribution in [2.75, 3.05) is 20.6 Å². The molecule has 1 rings (SSSR count). The van der Waals surface area contributed by atoms with Crippen molar-refractivity contribution in [1.29, 1.82) is 0 Å². The number of aldehydes is 1. The second-order valence-electron chi connectivity index (χ2n) is 3.05. The molecule has 0 aliphatic carbocycles. The van der Waals surface area contributed by atoms with Crippen molar-refractivity contribution in [2.24, 2.45) is 0 Å². The minimum absolute atomic E-state index is 0.287. The smallest absolute Gasteiger partial charge is 0.171 e. The molecule has 5 heteroatoms. The minimum atomic E-state index is 0.287. The summed E-state index contributed by atoms with van der Waals surface area (Å²) in [5.41, 5.74) is 0.287. The lowest BCUT2D eigenvalue weighted by Crippen LogP contribution is -2.15. The van der Waals surface area contributed by atoms with Crippen molar-refractivity contribution in [3.05, 3.63) is 16.7 Å². The zero-order chi connectivity index (χ0) is 9.84. The molecule has 0 aliphatic rings. The summed E-state index contributed by atoms with van der Waals surface area (Å²) in [5.74, 6) is 0.751. The van der Waals surface area contributed by atoms with Crippen LogP contribution in [0.5, 0.6) is 0 Å². The van der Waals surface area contributed by atoms with Gasteiger partial charge >= 0.3 is 0 Å². The molecule has 0 atom stereocenters. The van der Waals surface area contributed by atoms with Crippen molar-refractivity contribution in [3.63, 3.8) is 0 Å². The number of H-pyrrole nitrogens is 1. The van der Waals surface area contributed by atoms with Gasteiger partial charge in [-0.05, 0) is 14.1 Å². The minimum Gasteiger partial charge on any atom is -0.332 e. The van der Waals surface area contributed by atoms with Crippen LogP contribution in [0.3, 0.4) is 0 Å². The van der Waals surface area contributed by atoms with Gasteiger partial charge in [0.05, 0.1) is 0 Å². The summed E-state index contributed by atoms with van der Waals surface area (Å²) in [5, 5.41) is 0.323. The molecule has 0 bridgehead atoms. The summed E-state index contributed by atoms with van der Waals surface area (Å²) < 4.78 is 0. The van der Waals surface area contributed by atoms with E-state index in [1.54, 1.807) is 0 Å². The van der Waals surface area contributed by atoms with Crippen molar-refractivity contribution in [3.8, 4) is 0 Å². The van der Waals surface area contributed by atoms with Gasteiger partial charge in [-0.25, -0.2) is 4.98 Å². The van der Waals surface area contributed by atoms with E-state index >= 15 is 0 Å². The standard InChI is InChI=1S/C8H12ClN3O/c1-12(2)4-3-7-10-6(5-13)8(9)11-7/h5H,3-4H2,1-2H3,(H,10,11). The van der Waals surface area contributed by atoms with Crippen LogP contribution < -0.4 is 0 Å². The third kappa shape index (κ3) is 2.82. The maximum Gasteiger partial charge on any atom is 0.171 e. The van der Waals surface area contributed by atoms with Crippen LogP contribution in [0.15, 0.2) is 0 Å². The van der Waals surface area contributed by atoms with E-state index in [2.05, 4.69) is 9.97 Å². The number of carbonyl (C=O) groups is 1. The Bertz CT molecular complexity index is 296. The van der Waals surface area contributed by atoms with E-state index in [-0.39, 0.29) is 5.69 Å². The number of hydrogen-bond donors (Lipinski definition) is 1. The summed E-state index contributed by atoms with van der Waals surface area (Å²) in [7, 11) is 3.95. The molecule has 0 unspecified atom stereocenters. The largest absolute Gasteiger partial charge is 0.332 e. The Hall–Kier alpha value is -0.870. The SMILES string of the molecule is CN(C)CCc1nc(C=O)c(Cl)[nH]1. The zero-order valence-corrected chi connectivity index (χ0v) is 8.43. The average Bonchev–Trinajstić information content (AvgIpc) is 2.43. The summed E-state index contributed by atoms with van der Waals surface area (Å²) >= 11 is 5.70. The first-order chi connectivity index (χ1) is 6.13. The molecule has 1 heterocycles. The normalized spacial score (nSPS) is 10.8. The van der Waals surface area contributed by atoms with Gasteiger partial charge < -0.3 is 9.88 Å². The Morgan fingerprint density at radius 2 is 2.31 bits per heavy atom. The van der Waals surface area contributed by atoms with Gasteiger partial charge in [0.25, 0.3) is 0 Å². The van der Waals surface area contributed by atoms with Gasteiger partial charge in [-0.1, -0.05) is 11.6 Å². The lowest BCUT2D eigenvalue weighted by Gasteiger charge is -2.06. The first-order valence-corrected chi connectivity index (χ1v) is 4.35. The second kappa shape index (κ2) is 4.39. The van der Waals surface area contributed by atoms with Crippen molar-refractivity contribution < 1.29 is 4.79 Å². The van der Waals surface area contributed by atoms with E-state index in [9.17, 15) is 4.79 Å². The van der Waals surface area contributed by atoms with E-state index in [1.807, 2.05) is 19.0 Å². The molecule has 0 aromatic carbocycles. The highest BCUT2D eigenvalue weighted by molar-refractivity contribution is 6.31. The first kappa shape index (κ1) is 10.2. The first-order valence-electron chi connectivity index (χ1n) is 3.97. The van der Waals surface area contributed by atoms with Gasteiger partial charge in [0.15, 0.2) is 6.29 Å². The van der Waals surface area contributed by atoms with E-state index in [4.69, 9.17) is 11.6 Å². The molecule has 13 heavy (non-hydrogen) atoms. The van der Waals surface area contributed by atoms with E-state index in [1.165, 1.54) is 0 Å². The van der Waals surface area contributed by atoms with Crippen LogP contribution in [0, 0.1) is 0 Å². The van der Waals surface area contributed by atoms with Crippen molar-refractivity contribution in [1.82, 2.24) is 14.9 Å². The fraction of sp³-hybridized carbons (Fsp3) is 0.500. The third-order valence-corrected chi connectivity index (χ3v) is 1.93. The van der Waals surface area contributed by atoms with Gasteiger partial charge in [0.2, 0.25) is 0 Å². The summed E-state index contributed by atoms with van der Waals surface area (Å²) in [4.78, 5) is 19.3. The number of nitrogens with zero attached hydrogens (tertiary/aromatic N) is 2. The van der Waals surface area contributed by atoms with Crippen molar-refractivity contribution in [2.45, 2.75) is 6.42 Å². The molecule has 0 spiro atoms. The molecular weight excluding hydrogens is 190 g/mol. The molecule has 0 aliphatic heterocycles. The van der Waals surface area contributed by atoms with Gasteiger partial charge in [0.1, 0.15) is 16.7 Å². The van der Waals surface area contributed by atoms with Crippen LogP contribution in [-0.4, -0.2) is 41.8 Å². The summed E-state index contributed by atoms with van der Waals surface area (Å²) in [6.07, 6.45) is 1.42. The van der Waals surface area contributed by atoms with Crippen LogP contribution in [0.4, 0.5) is 0 Å². The highest BCUT2D eigenvalue weighted by Crippen LogP contribution is 2.10. The third-order valence-electron chi connectivity index (χ3n) is 1.64. The predicted octanol–water partition coefficient (Wildman–Crippen LogP) is 0.980. The number of aromatic nitrogens is 2. The quantitative estimate of drug-likeness (QED) is 0.739. The molecule has 0 fully saturated rings. The zero-order valence-electron chi connectivity index (χ0n) is 7.67. The molecule has 4 nitrogen and oxygen atoms in total. The highest BCUT2D eigenvalue weighted by Gasteiger charge is 2.06. The number of hydrogen-bond acceptors (Lipinski definition) is 3. The predicted molar refractivity (Wildman–Crippen MR) is 51.2 cm³/mol. The fourth-order valence-corrected chi connectivity index (χ4v) is 1.14. The van der Waals surface area contributed by atoms with E-state index in [0.29, 0.717) is 11.4 Å². The van der Waals surface area contributed by atoms with Crippen LogP contribution >= 0.6 is 11.6 Å². The van der Waals surface area contributed by atoms with Crippen LogP contribution in [0.1, 0.15) is 16.3 Å². The Morgan fingerprint density at radius 3 is 2.77 bits per heavy atom. The highest BCUT2D eigenvalue weighted by atomic mass is 35.5. The number of aromatic amines is 1. The average molecular weight is 202 g/mol. The fourth-order valence-electron chi connectivity index (χ4n) is 0.939. The van der Waals surface area contributed by atoms with Gasteiger partial charge in [-0.3, -0.25) is 4.79 Å². The molecule has 1 N–H and O–H groups in total. The van der Waals surface area contributed by atoms with Gasteiger partial charge in [0, 0.05) is 13.0 Å². The Morgan fingerprint density at radius 1 is 1.62 bits per heavy atom. The molecule has 0 saturated carbocycles. The van der Waals surface area contributed by atoms with Crippen LogP contribution in [0.25, 0.3) is 0 Å². The number of imidazole rings is 1. The number of likely N-dealkylation sites (N-methyl/N-ethyl adjacent to an activating group) is 1. The Balaban J connectivity index is 2.63. The van der Waals surface area contributed by atoms with E-state index in [0.717, 1.165) is 18.8 Å². The van der Waals surface area contributed by atoms with Crippen LogP contribution in [0.2, 0.25) is 5.15 Å². The second-order valence-corrected chi connectivity index (χ2v) is 3.43. The summed E-state index contributed by atoms with van der Waals surface area (Å²) in [6.45, 7) is 0.877. The monoisotopic (exact) mass is 201 g/mol. The topological polar surface area (TPSA) is 49.0 Å². The maximum absolute atomic E-state index is 10.4. The summed E-state index contributed by atoms with van der Waals surface area (Å²) in [6, 6.07) is 0. The van der Waals surface area contributed by atoms with E-state index < -0.39 is 0 Å². The van der Waals surface area contributed by atoms with Crippen LogP contribution in [-0.2, 0) is 6.42 Å². The molecule has 0 radical (unpaired) electrons. The van der Waals surface area contributed by atoms with Gasteiger partial charge in [-0.15, -0.1) is 0 Å². The molecule has 1 aromatic heterocycles. The van der Waals surface area contributed by atoms with Gasteiger partial charge in [-0.2, -0.15) is 0 Å². The maximum atomic E-state index is 10.4. The number of rotatable bonds is 4.